The normalized spacial score (nSPS) is 10.9. The molecule has 0 saturated heterocycles. The SMILES string of the molecule is Cc1ccc2c(cc(C)n2C(=O)c2ccccc2)c1F. The Labute approximate surface area is 116 Å². The zero-order valence-corrected chi connectivity index (χ0v) is 11.4. The average Bonchev–Trinajstić information content (AvgIpc) is 2.80. The van der Waals surface area contributed by atoms with Crippen LogP contribution >= 0.6 is 0 Å². The number of hydrogen-bond donors (Lipinski definition) is 0. The first-order chi connectivity index (χ1) is 9.59. The highest BCUT2D eigenvalue weighted by Crippen LogP contribution is 2.25. The van der Waals surface area contributed by atoms with Gasteiger partial charge < -0.3 is 0 Å². The predicted octanol–water partition coefficient (Wildman–Crippen LogP) is 4.09. The highest BCUT2D eigenvalue weighted by atomic mass is 19.1. The van der Waals surface area contributed by atoms with Crippen LogP contribution in [0.15, 0.2) is 48.5 Å². The van der Waals surface area contributed by atoms with Crippen molar-refractivity contribution >= 4 is 16.8 Å². The number of halogens is 1. The highest BCUT2D eigenvalue weighted by molar-refractivity contribution is 6.03. The van der Waals surface area contributed by atoms with E-state index in [-0.39, 0.29) is 11.7 Å². The number of aromatic nitrogens is 1. The summed E-state index contributed by atoms with van der Waals surface area (Å²) >= 11 is 0. The molecule has 0 aliphatic rings. The molecule has 3 heteroatoms. The van der Waals surface area contributed by atoms with Crippen molar-refractivity contribution < 1.29 is 9.18 Å². The maximum Gasteiger partial charge on any atom is 0.262 e. The Morgan fingerprint density at radius 1 is 1.05 bits per heavy atom. The molecule has 0 spiro atoms. The molecule has 0 unspecified atom stereocenters. The van der Waals surface area contributed by atoms with Crippen molar-refractivity contribution in [2.75, 3.05) is 0 Å². The molecule has 2 nitrogen and oxygen atoms in total. The van der Waals surface area contributed by atoms with Crippen LogP contribution < -0.4 is 0 Å². The van der Waals surface area contributed by atoms with Crippen molar-refractivity contribution in [3.63, 3.8) is 0 Å². The zero-order valence-electron chi connectivity index (χ0n) is 11.4. The molecule has 20 heavy (non-hydrogen) atoms. The summed E-state index contributed by atoms with van der Waals surface area (Å²) in [5.74, 6) is -0.397. The predicted molar refractivity (Wildman–Crippen MR) is 77.5 cm³/mol. The number of carbonyl (C=O) groups excluding carboxylic acids is 1. The fourth-order valence-corrected chi connectivity index (χ4v) is 2.47. The van der Waals surface area contributed by atoms with Crippen molar-refractivity contribution in [2.45, 2.75) is 13.8 Å². The van der Waals surface area contributed by atoms with Gasteiger partial charge in [0.1, 0.15) is 5.82 Å². The van der Waals surface area contributed by atoms with Crippen LogP contribution in [-0.2, 0) is 0 Å². The van der Waals surface area contributed by atoms with Crippen molar-refractivity contribution in [1.29, 1.82) is 0 Å². The molecule has 0 radical (unpaired) electrons. The van der Waals surface area contributed by atoms with E-state index in [0.717, 1.165) is 5.69 Å². The Kier molecular flexibility index (Phi) is 2.90. The van der Waals surface area contributed by atoms with E-state index in [1.165, 1.54) is 0 Å². The summed E-state index contributed by atoms with van der Waals surface area (Å²) in [4.78, 5) is 12.6. The first-order valence-electron chi connectivity index (χ1n) is 6.46. The standard InChI is InChI=1S/C17H14FNO/c1-11-8-9-15-14(16(11)18)10-12(2)19(15)17(20)13-6-4-3-5-7-13/h3-10H,1-2H3. The van der Waals surface area contributed by atoms with Crippen LogP contribution in [0.5, 0.6) is 0 Å². The number of fused-ring (bicyclic) bond motifs is 1. The largest absolute Gasteiger partial charge is 0.280 e. The molecule has 0 atom stereocenters. The average molecular weight is 267 g/mol. The topological polar surface area (TPSA) is 22.0 Å². The molecular formula is C17H14FNO. The highest BCUT2D eigenvalue weighted by Gasteiger charge is 2.17. The van der Waals surface area contributed by atoms with Gasteiger partial charge in [-0.15, -0.1) is 0 Å². The van der Waals surface area contributed by atoms with Gasteiger partial charge in [0.25, 0.3) is 5.91 Å². The van der Waals surface area contributed by atoms with Crippen LogP contribution in [0.25, 0.3) is 10.9 Å². The van der Waals surface area contributed by atoms with Gasteiger partial charge in [0.2, 0.25) is 0 Å². The third kappa shape index (κ3) is 1.83. The maximum absolute atomic E-state index is 14.1. The number of carbonyl (C=O) groups is 1. The molecule has 2 aromatic carbocycles. The molecule has 1 aromatic heterocycles. The lowest BCUT2D eigenvalue weighted by atomic mass is 10.1. The summed E-state index contributed by atoms with van der Waals surface area (Å²) in [6, 6.07) is 14.2. The lowest BCUT2D eigenvalue weighted by Gasteiger charge is -2.07. The Morgan fingerprint density at radius 2 is 1.75 bits per heavy atom. The molecular weight excluding hydrogens is 253 g/mol. The van der Waals surface area contributed by atoms with E-state index in [0.29, 0.717) is 22.0 Å². The molecule has 0 saturated carbocycles. The van der Waals surface area contributed by atoms with Crippen molar-refractivity contribution in [3.05, 3.63) is 71.2 Å². The summed E-state index contributed by atoms with van der Waals surface area (Å²) in [6.45, 7) is 3.54. The maximum atomic E-state index is 14.1. The number of aryl methyl sites for hydroxylation is 2. The molecule has 0 N–H and O–H groups in total. The second-order valence-electron chi connectivity index (χ2n) is 4.92. The summed E-state index contributed by atoms with van der Waals surface area (Å²) in [7, 11) is 0. The Hall–Kier alpha value is -2.42. The number of rotatable bonds is 1. The third-order valence-corrected chi connectivity index (χ3v) is 3.52. The second-order valence-corrected chi connectivity index (χ2v) is 4.92. The van der Waals surface area contributed by atoms with Crippen molar-refractivity contribution in [1.82, 2.24) is 4.57 Å². The quantitative estimate of drug-likeness (QED) is 0.651. The third-order valence-electron chi connectivity index (χ3n) is 3.52. The van der Waals surface area contributed by atoms with E-state index in [1.54, 1.807) is 41.8 Å². The van der Waals surface area contributed by atoms with Gasteiger partial charge in [0, 0.05) is 16.6 Å². The van der Waals surface area contributed by atoms with Gasteiger partial charge in [-0.25, -0.2) is 4.39 Å². The van der Waals surface area contributed by atoms with Crippen molar-refractivity contribution in [3.8, 4) is 0 Å². The van der Waals surface area contributed by atoms with Crippen LogP contribution in [0.4, 0.5) is 4.39 Å². The lowest BCUT2D eigenvalue weighted by Crippen LogP contribution is -2.13. The molecule has 3 rings (SSSR count). The van der Waals surface area contributed by atoms with Gasteiger partial charge >= 0.3 is 0 Å². The molecule has 0 fully saturated rings. The molecule has 0 amide bonds. The molecule has 0 aliphatic heterocycles. The Bertz CT molecular complexity index is 803. The minimum absolute atomic E-state index is 0.138. The minimum atomic E-state index is -0.259. The van der Waals surface area contributed by atoms with Crippen LogP contribution in [-0.4, -0.2) is 10.5 Å². The molecule has 1 heterocycles. The van der Waals surface area contributed by atoms with Gasteiger partial charge in [-0.2, -0.15) is 0 Å². The molecule has 100 valence electrons. The Balaban J connectivity index is 2.25. The van der Waals surface area contributed by atoms with Gasteiger partial charge in [0.15, 0.2) is 0 Å². The van der Waals surface area contributed by atoms with Crippen LogP contribution in [0.1, 0.15) is 21.6 Å². The van der Waals surface area contributed by atoms with Crippen LogP contribution in [0, 0.1) is 19.7 Å². The van der Waals surface area contributed by atoms with E-state index in [1.807, 2.05) is 25.1 Å². The molecule has 0 bridgehead atoms. The van der Waals surface area contributed by atoms with Crippen LogP contribution in [0.2, 0.25) is 0 Å². The van der Waals surface area contributed by atoms with E-state index < -0.39 is 0 Å². The smallest absolute Gasteiger partial charge is 0.262 e. The van der Waals surface area contributed by atoms with E-state index >= 15 is 0 Å². The number of benzene rings is 2. The van der Waals surface area contributed by atoms with Crippen LogP contribution in [0.3, 0.4) is 0 Å². The summed E-state index contributed by atoms with van der Waals surface area (Å²) in [5, 5.41) is 0.492. The Morgan fingerprint density at radius 3 is 2.45 bits per heavy atom. The van der Waals surface area contributed by atoms with E-state index in [9.17, 15) is 9.18 Å². The summed E-state index contributed by atoms with van der Waals surface area (Å²) in [5.41, 5.74) is 2.52. The zero-order chi connectivity index (χ0) is 14.3. The van der Waals surface area contributed by atoms with Gasteiger partial charge in [-0.05, 0) is 43.7 Å². The molecule has 0 aliphatic carbocycles. The van der Waals surface area contributed by atoms with Gasteiger partial charge in [-0.3, -0.25) is 9.36 Å². The summed E-state index contributed by atoms with van der Waals surface area (Å²) < 4.78 is 15.7. The van der Waals surface area contributed by atoms with Crippen molar-refractivity contribution in [2.24, 2.45) is 0 Å². The minimum Gasteiger partial charge on any atom is -0.280 e. The first kappa shape index (κ1) is 12.6. The summed E-state index contributed by atoms with van der Waals surface area (Å²) in [6.07, 6.45) is 0. The number of hydrogen-bond acceptors (Lipinski definition) is 1. The second kappa shape index (κ2) is 4.60. The van der Waals surface area contributed by atoms with Gasteiger partial charge in [-0.1, -0.05) is 24.3 Å². The van der Waals surface area contributed by atoms with Gasteiger partial charge in [0.05, 0.1) is 5.52 Å². The number of nitrogens with zero attached hydrogens (tertiary/aromatic N) is 1. The fourth-order valence-electron chi connectivity index (χ4n) is 2.47. The monoisotopic (exact) mass is 267 g/mol. The fraction of sp³-hybridized carbons (Fsp3) is 0.118. The molecule has 3 aromatic rings. The first-order valence-corrected chi connectivity index (χ1v) is 6.46. The lowest BCUT2D eigenvalue weighted by molar-refractivity contribution is 0.0963. The van der Waals surface area contributed by atoms with E-state index in [2.05, 4.69) is 0 Å². The van der Waals surface area contributed by atoms with E-state index in [4.69, 9.17) is 0 Å².